The molecule has 1 heterocycles. The summed E-state index contributed by atoms with van der Waals surface area (Å²) >= 11 is 0. The van der Waals surface area contributed by atoms with Gasteiger partial charge in [0.1, 0.15) is 18.2 Å². The van der Waals surface area contributed by atoms with E-state index in [1.165, 1.54) is 0 Å². The number of nitrogens with one attached hydrogen (secondary N) is 1. The van der Waals surface area contributed by atoms with Crippen LogP contribution in [0.1, 0.15) is 11.3 Å². The Balaban J connectivity index is 1.83. The predicted octanol–water partition coefficient (Wildman–Crippen LogP) is 2.33. The minimum Gasteiger partial charge on any atom is -0.492 e. The average molecular weight is 268 g/mol. The van der Waals surface area contributed by atoms with Crippen molar-refractivity contribution in [3.05, 3.63) is 47.7 Å². The lowest BCUT2D eigenvalue weighted by Gasteiger charge is -2.09. The van der Waals surface area contributed by atoms with Crippen LogP contribution < -0.4 is 15.8 Å². The highest BCUT2D eigenvalue weighted by molar-refractivity contribution is 5.44. The van der Waals surface area contributed by atoms with Crippen LogP contribution in [0.25, 0.3) is 0 Å². The molecular weight excluding hydrogens is 252 g/mol. The highest BCUT2D eigenvalue weighted by Gasteiger charge is 1.99. The lowest BCUT2D eigenvalue weighted by Crippen LogP contribution is -2.12. The monoisotopic (exact) mass is 268 g/mol. The molecule has 2 rings (SSSR count). The average Bonchev–Trinajstić information content (AvgIpc) is 2.45. The molecule has 0 aliphatic heterocycles. The van der Waals surface area contributed by atoms with Crippen molar-refractivity contribution >= 4 is 11.5 Å². The van der Waals surface area contributed by atoms with Crippen molar-refractivity contribution in [3.63, 3.8) is 0 Å². The van der Waals surface area contributed by atoms with Crippen LogP contribution in [0.4, 0.5) is 11.5 Å². The topological polar surface area (TPSA) is 84.0 Å². The number of pyridine rings is 1. The number of hydrogen-bond acceptors (Lipinski definition) is 5. The zero-order valence-corrected chi connectivity index (χ0v) is 11.3. The number of nitrogen functional groups attached to an aromatic ring is 1. The molecule has 1 aromatic heterocycles. The van der Waals surface area contributed by atoms with Gasteiger partial charge in [-0.1, -0.05) is 0 Å². The van der Waals surface area contributed by atoms with Crippen molar-refractivity contribution < 1.29 is 4.74 Å². The van der Waals surface area contributed by atoms with Crippen molar-refractivity contribution in [3.8, 4) is 11.8 Å². The first-order valence-corrected chi connectivity index (χ1v) is 6.28. The van der Waals surface area contributed by atoms with Gasteiger partial charge < -0.3 is 15.8 Å². The van der Waals surface area contributed by atoms with Gasteiger partial charge in [-0.25, -0.2) is 4.98 Å². The Morgan fingerprint density at radius 2 is 2.05 bits per heavy atom. The number of nitrogens with zero attached hydrogens (tertiary/aromatic N) is 2. The number of nitriles is 1. The van der Waals surface area contributed by atoms with Gasteiger partial charge in [-0.15, -0.1) is 0 Å². The van der Waals surface area contributed by atoms with E-state index in [4.69, 9.17) is 15.7 Å². The van der Waals surface area contributed by atoms with E-state index in [2.05, 4.69) is 16.4 Å². The number of rotatable bonds is 5. The smallest absolute Gasteiger partial charge is 0.127 e. The molecule has 20 heavy (non-hydrogen) atoms. The van der Waals surface area contributed by atoms with E-state index in [-0.39, 0.29) is 0 Å². The molecule has 0 atom stereocenters. The minimum atomic E-state index is 0.501. The third-order valence-corrected chi connectivity index (χ3v) is 2.64. The van der Waals surface area contributed by atoms with Crippen LogP contribution >= 0.6 is 0 Å². The summed E-state index contributed by atoms with van der Waals surface area (Å²) in [7, 11) is 0. The third-order valence-electron chi connectivity index (χ3n) is 2.64. The summed E-state index contributed by atoms with van der Waals surface area (Å²) in [5.41, 5.74) is 7.72. The maximum Gasteiger partial charge on any atom is 0.127 e. The number of anilines is 2. The second-order valence-corrected chi connectivity index (χ2v) is 4.34. The molecule has 0 amide bonds. The van der Waals surface area contributed by atoms with Crippen LogP contribution in [0.3, 0.4) is 0 Å². The first-order chi connectivity index (χ1) is 9.67. The Hall–Kier alpha value is -2.74. The van der Waals surface area contributed by atoms with Crippen LogP contribution in [-0.4, -0.2) is 18.1 Å². The summed E-state index contributed by atoms with van der Waals surface area (Å²) < 4.78 is 5.56. The number of hydrogen-bond donors (Lipinski definition) is 2. The maximum atomic E-state index is 8.89. The molecule has 0 aliphatic rings. The number of aryl methyl sites for hydroxylation is 1. The molecule has 0 saturated heterocycles. The molecule has 3 N–H and O–H groups in total. The van der Waals surface area contributed by atoms with E-state index < -0.39 is 0 Å². The number of benzene rings is 1. The van der Waals surface area contributed by atoms with Gasteiger partial charge in [-0.05, 0) is 43.3 Å². The van der Waals surface area contributed by atoms with Crippen molar-refractivity contribution in [2.24, 2.45) is 0 Å². The quantitative estimate of drug-likeness (QED) is 0.642. The minimum absolute atomic E-state index is 0.501. The second-order valence-electron chi connectivity index (χ2n) is 4.34. The first-order valence-electron chi connectivity index (χ1n) is 6.28. The summed E-state index contributed by atoms with van der Waals surface area (Å²) in [4.78, 5) is 4.30. The van der Waals surface area contributed by atoms with Gasteiger partial charge in [0.05, 0.1) is 18.2 Å². The molecule has 0 fully saturated rings. The number of ether oxygens (including phenoxy) is 1. The van der Waals surface area contributed by atoms with Crippen LogP contribution in [0.15, 0.2) is 36.4 Å². The van der Waals surface area contributed by atoms with Gasteiger partial charge >= 0.3 is 0 Å². The lowest BCUT2D eigenvalue weighted by molar-refractivity contribution is 0.333. The Labute approximate surface area is 118 Å². The fraction of sp³-hybridized carbons (Fsp3) is 0.200. The number of aromatic nitrogens is 1. The molecule has 0 spiro atoms. The number of nitrogens with two attached hydrogens (primary N) is 1. The molecule has 5 heteroatoms. The van der Waals surface area contributed by atoms with E-state index in [9.17, 15) is 0 Å². The first kappa shape index (κ1) is 13.7. The van der Waals surface area contributed by atoms with E-state index in [1.54, 1.807) is 24.3 Å². The third kappa shape index (κ3) is 3.89. The van der Waals surface area contributed by atoms with Gasteiger partial charge in [0.2, 0.25) is 0 Å². The second kappa shape index (κ2) is 6.43. The predicted molar refractivity (Wildman–Crippen MR) is 78.5 cm³/mol. The normalized spacial score (nSPS) is 9.80. The highest BCUT2D eigenvalue weighted by atomic mass is 16.5. The van der Waals surface area contributed by atoms with Crippen LogP contribution in [0.2, 0.25) is 0 Å². The maximum absolute atomic E-state index is 8.89. The van der Waals surface area contributed by atoms with E-state index in [0.29, 0.717) is 30.2 Å². The Morgan fingerprint density at radius 1 is 1.30 bits per heavy atom. The van der Waals surface area contributed by atoms with E-state index >= 15 is 0 Å². The zero-order valence-electron chi connectivity index (χ0n) is 11.3. The largest absolute Gasteiger partial charge is 0.492 e. The van der Waals surface area contributed by atoms with Crippen molar-refractivity contribution in [1.82, 2.24) is 4.98 Å². The molecule has 0 aliphatic carbocycles. The molecule has 5 nitrogen and oxygen atoms in total. The fourth-order valence-electron chi connectivity index (χ4n) is 1.74. The van der Waals surface area contributed by atoms with E-state index in [0.717, 1.165) is 11.4 Å². The van der Waals surface area contributed by atoms with Crippen LogP contribution in [0, 0.1) is 18.3 Å². The summed E-state index contributed by atoms with van der Waals surface area (Å²) in [5.74, 6) is 1.46. The van der Waals surface area contributed by atoms with Gasteiger partial charge in [-0.2, -0.15) is 5.26 Å². The molecular formula is C15H16N4O. The molecule has 1 aromatic carbocycles. The lowest BCUT2D eigenvalue weighted by atomic mass is 10.2. The van der Waals surface area contributed by atoms with Crippen LogP contribution in [0.5, 0.6) is 5.75 Å². The van der Waals surface area contributed by atoms with Crippen molar-refractivity contribution in [2.45, 2.75) is 6.92 Å². The molecule has 2 aromatic rings. The van der Waals surface area contributed by atoms with Gasteiger partial charge in [-0.3, -0.25) is 0 Å². The fourth-order valence-corrected chi connectivity index (χ4v) is 1.74. The van der Waals surface area contributed by atoms with Crippen molar-refractivity contribution in [2.75, 3.05) is 24.2 Å². The molecule has 0 radical (unpaired) electrons. The molecule has 0 unspecified atom stereocenters. The SMILES string of the molecule is Cc1cc(C#N)cc(NCCOc2ccc(N)cc2)n1. The summed E-state index contributed by atoms with van der Waals surface area (Å²) in [6.07, 6.45) is 0. The van der Waals surface area contributed by atoms with Crippen LogP contribution in [-0.2, 0) is 0 Å². The molecule has 0 saturated carbocycles. The zero-order chi connectivity index (χ0) is 14.4. The summed E-state index contributed by atoms with van der Waals surface area (Å²) in [6.45, 7) is 2.96. The Kier molecular flexibility index (Phi) is 4.40. The van der Waals surface area contributed by atoms with E-state index in [1.807, 2.05) is 19.1 Å². The Bertz CT molecular complexity index is 617. The summed E-state index contributed by atoms with van der Waals surface area (Å²) in [5, 5.41) is 12.0. The standard InChI is InChI=1S/C15H16N4O/c1-11-8-12(10-16)9-15(19-11)18-6-7-20-14-4-2-13(17)3-5-14/h2-5,8-9H,6-7,17H2,1H3,(H,18,19). The van der Waals surface area contributed by atoms with Crippen molar-refractivity contribution in [1.29, 1.82) is 5.26 Å². The van der Waals surface area contributed by atoms with Gasteiger partial charge in [0, 0.05) is 11.4 Å². The Morgan fingerprint density at radius 3 is 2.75 bits per heavy atom. The highest BCUT2D eigenvalue weighted by Crippen LogP contribution is 2.13. The van der Waals surface area contributed by atoms with Gasteiger partial charge in [0.15, 0.2) is 0 Å². The molecule has 0 bridgehead atoms. The summed E-state index contributed by atoms with van der Waals surface area (Å²) in [6, 6.07) is 12.8. The van der Waals surface area contributed by atoms with Gasteiger partial charge in [0.25, 0.3) is 0 Å². The molecule has 102 valence electrons.